The standard InChI is InChI=1S/C31H26ClN7O4S.C25H21FN6O3S.C20H12BrN5O2S/c1-18-2-8-22(15-33-18)43-24-9-7-21(14-23(24)32)39-28-25-26(37-31(39)41)27(44-30(25)35-17-34-28)29(40)36-20-5-3-19(4-6-20)16-38-10-12-42-13-11-38;26-18-4-2-1-3-15(18)13-27-23(33)21-20-19-22(28-14-29-24(19)36-21)32(25(34)30-20)17-7-5-16(6-8-17)31-9-11-35-12-10-31;21-11-5-4-8-13(9-11)26-17-14-15(25-20(26)28)16(29-19(14)23-10-22-17)18(27)24-12-6-2-1-3-7-12/h2-9,14-15,17H,10-13,16H2,1H3,(H,36,40)(H,37,41);1-8,14H,9-13H2,(H,27,33)(H,30,34);1-10H,(H,24,27)(H,25,28). The number of rotatable bonds is 15. The minimum absolute atomic E-state index is 0.0211. The number of carbonyl (C=O) groups excluding carboxylic acids is 6. The smallest absolute Gasteiger partial charge is 0.332 e. The van der Waals surface area contributed by atoms with E-state index in [9.17, 15) is 33.2 Å². The number of nitrogens with one attached hydrogen (secondary N) is 6. The number of halogens is 3. The summed E-state index contributed by atoms with van der Waals surface area (Å²) in [7, 11) is 0. The van der Waals surface area contributed by atoms with Gasteiger partial charge in [-0.15, -0.1) is 34.0 Å². The topological polar surface area (TPSA) is 309 Å². The van der Waals surface area contributed by atoms with Crippen molar-refractivity contribution in [2.45, 2.75) is 20.0 Å². The summed E-state index contributed by atoms with van der Waals surface area (Å²) in [6, 6.07) is 45.6. The first-order chi connectivity index (χ1) is 53.1. The van der Waals surface area contributed by atoms with Crippen molar-refractivity contribution in [3.05, 3.63) is 230 Å². The zero-order valence-electron chi connectivity index (χ0n) is 57.3. The molecule has 27 nitrogen and oxygen atoms in total. The minimum Gasteiger partial charge on any atom is -0.454 e. The van der Waals surface area contributed by atoms with Gasteiger partial charge in [0.1, 0.15) is 65.4 Å². The van der Waals surface area contributed by atoms with E-state index in [-0.39, 0.29) is 24.4 Å². The molecule has 6 aromatic carbocycles. The summed E-state index contributed by atoms with van der Waals surface area (Å²) >= 11 is 13.6. The molecule has 546 valence electrons. The van der Waals surface area contributed by atoms with Gasteiger partial charge in [0.15, 0.2) is 17.5 Å². The third kappa shape index (κ3) is 14.8. The molecule has 33 heteroatoms. The molecule has 0 bridgehead atoms. The SMILES string of the molecule is Cc1ccc(Oc2ccc(N3C(=O)Nc4c(C(=O)Nc5ccc(CN6CCOCC6)cc5)sc5ncnc3c45)cc2Cl)cn1.O=C(NCc1ccccc1F)c1sc2ncnc3c2c1NC(=O)N3c1ccc(N2CCOCC2)cc1.O=C(Nc1ccccc1)c1sc2ncnc3c2c1NC(=O)N3c1cccc(Br)c1. The number of hydrogen-bond acceptors (Lipinski definition) is 21. The number of benzene rings is 6. The Morgan fingerprint density at radius 1 is 0.541 bits per heavy atom. The Labute approximate surface area is 644 Å². The number of anilines is 12. The Bertz CT molecular complexity index is 5720. The van der Waals surface area contributed by atoms with Crippen molar-refractivity contribution >= 4 is 197 Å². The van der Waals surface area contributed by atoms with Crippen LogP contribution in [0.1, 0.15) is 45.8 Å². The Balaban J connectivity index is 0.000000127. The van der Waals surface area contributed by atoms with Gasteiger partial charge in [0, 0.05) is 72.1 Å². The van der Waals surface area contributed by atoms with Crippen LogP contribution >= 0.6 is 61.5 Å². The Kier molecular flexibility index (Phi) is 20.3. The molecule has 0 radical (unpaired) electrons. The third-order valence-corrected chi connectivity index (χ3v) is 22.0. The summed E-state index contributed by atoms with van der Waals surface area (Å²) in [5.41, 5.74) is 7.72. The molecule has 0 unspecified atom stereocenters. The van der Waals surface area contributed by atoms with Gasteiger partial charge in [0.25, 0.3) is 17.7 Å². The number of ether oxygens (including phenoxy) is 3. The van der Waals surface area contributed by atoms with Gasteiger partial charge in [-0.05, 0) is 116 Å². The molecule has 0 atom stereocenters. The van der Waals surface area contributed by atoms with E-state index in [1.807, 2.05) is 104 Å². The summed E-state index contributed by atoms with van der Waals surface area (Å²) in [6.07, 6.45) is 5.78. The van der Waals surface area contributed by atoms with E-state index < -0.39 is 23.8 Å². The van der Waals surface area contributed by atoms with Crippen LogP contribution in [-0.2, 0) is 22.6 Å². The molecule has 7 aromatic heterocycles. The molecule has 5 aliphatic rings. The van der Waals surface area contributed by atoms with Gasteiger partial charge in [-0.1, -0.05) is 82.1 Å². The molecular weight excluding hydrogens is 1540 g/mol. The Hall–Kier alpha value is -12.0. The van der Waals surface area contributed by atoms with Crippen LogP contribution in [0.2, 0.25) is 5.02 Å². The number of urea groups is 3. The lowest BCUT2D eigenvalue weighted by atomic mass is 10.1. The number of hydrogen-bond donors (Lipinski definition) is 6. The lowest BCUT2D eigenvalue weighted by Gasteiger charge is -2.30. The number of thiophene rings is 3. The van der Waals surface area contributed by atoms with E-state index in [1.165, 1.54) is 62.4 Å². The zero-order valence-corrected chi connectivity index (χ0v) is 62.1. The summed E-state index contributed by atoms with van der Waals surface area (Å²) in [6.45, 7) is 9.03. The van der Waals surface area contributed by atoms with Crippen molar-refractivity contribution in [3.8, 4) is 11.5 Å². The highest BCUT2D eigenvalue weighted by Crippen LogP contribution is 2.49. The molecule has 0 saturated carbocycles. The molecule has 0 aliphatic carbocycles. The first-order valence-electron chi connectivity index (χ1n) is 34.0. The van der Waals surface area contributed by atoms with Crippen LogP contribution in [0.15, 0.2) is 187 Å². The van der Waals surface area contributed by atoms with Crippen LogP contribution in [0.5, 0.6) is 11.5 Å². The average molecular weight is 1600 g/mol. The van der Waals surface area contributed by atoms with E-state index in [0.717, 1.165) is 78.7 Å². The number of aromatic nitrogens is 7. The normalized spacial score (nSPS) is 14.4. The second-order valence-corrected chi connectivity index (χ2v) is 29.2. The Morgan fingerprint density at radius 2 is 1.05 bits per heavy atom. The number of amides is 9. The highest BCUT2D eigenvalue weighted by atomic mass is 79.9. The molecule has 2 fully saturated rings. The fourth-order valence-electron chi connectivity index (χ4n) is 12.7. The second-order valence-electron chi connectivity index (χ2n) is 24.9. The highest BCUT2D eigenvalue weighted by Gasteiger charge is 2.38. The van der Waals surface area contributed by atoms with Crippen molar-refractivity contribution in [1.29, 1.82) is 0 Å². The summed E-state index contributed by atoms with van der Waals surface area (Å²) in [5.74, 6) is 0.674. The molecule has 2 saturated heterocycles. The van der Waals surface area contributed by atoms with Gasteiger partial charge in [-0.25, -0.2) is 63.4 Å². The van der Waals surface area contributed by atoms with E-state index in [0.29, 0.717) is 144 Å². The maximum Gasteiger partial charge on any atom is 0.332 e. The number of aryl methyl sites for hydroxylation is 1. The van der Waals surface area contributed by atoms with Crippen molar-refractivity contribution in [2.24, 2.45) is 0 Å². The van der Waals surface area contributed by atoms with Gasteiger partial charge in [0.05, 0.1) is 87.9 Å². The van der Waals surface area contributed by atoms with Crippen LogP contribution in [0.25, 0.3) is 30.6 Å². The molecular formula is C76H59BrClFN18O9S3. The van der Waals surface area contributed by atoms with E-state index in [1.54, 1.807) is 60.8 Å². The van der Waals surface area contributed by atoms with Crippen LogP contribution < -0.4 is 56.2 Å². The van der Waals surface area contributed by atoms with Crippen LogP contribution in [-0.4, -0.2) is 128 Å². The third-order valence-electron chi connectivity index (χ3n) is 18.0. The number of pyridine rings is 1. The average Bonchev–Trinajstić information content (AvgIpc) is 1.53. The zero-order chi connectivity index (χ0) is 74.8. The van der Waals surface area contributed by atoms with Crippen molar-refractivity contribution in [1.82, 2.24) is 45.1 Å². The predicted octanol–water partition coefficient (Wildman–Crippen LogP) is 16.3. The molecule has 109 heavy (non-hydrogen) atoms. The van der Waals surface area contributed by atoms with Gasteiger partial charge in [0.2, 0.25) is 0 Å². The van der Waals surface area contributed by atoms with Crippen LogP contribution in [0, 0.1) is 12.7 Å². The van der Waals surface area contributed by atoms with Gasteiger partial charge in [-0.2, -0.15) is 0 Å². The second kappa shape index (κ2) is 31.1. The van der Waals surface area contributed by atoms with Gasteiger partial charge in [-0.3, -0.25) is 24.3 Å². The van der Waals surface area contributed by atoms with Gasteiger partial charge >= 0.3 is 18.1 Å². The molecule has 5 aliphatic heterocycles. The lowest BCUT2D eigenvalue weighted by molar-refractivity contribution is 0.0342. The van der Waals surface area contributed by atoms with E-state index in [2.05, 4.69) is 92.5 Å². The first-order valence-corrected chi connectivity index (χ1v) is 37.6. The molecule has 0 spiro atoms. The number of morpholine rings is 2. The van der Waals surface area contributed by atoms with Crippen molar-refractivity contribution in [2.75, 3.05) is 98.8 Å². The Morgan fingerprint density at radius 3 is 1.59 bits per heavy atom. The number of nitrogens with zero attached hydrogens (tertiary/aromatic N) is 12. The number of para-hydroxylation sites is 1. The summed E-state index contributed by atoms with van der Waals surface area (Å²) in [4.78, 5) is 121. The predicted molar refractivity (Wildman–Crippen MR) is 422 cm³/mol. The first kappa shape index (κ1) is 71.3. The maximum atomic E-state index is 14.0. The molecule has 18 rings (SSSR count). The van der Waals surface area contributed by atoms with Crippen molar-refractivity contribution in [3.63, 3.8) is 0 Å². The van der Waals surface area contributed by atoms with Crippen molar-refractivity contribution < 1.29 is 47.4 Å². The van der Waals surface area contributed by atoms with Crippen LogP contribution in [0.4, 0.5) is 87.4 Å². The van der Waals surface area contributed by atoms with E-state index >= 15 is 0 Å². The highest BCUT2D eigenvalue weighted by molar-refractivity contribution is 9.10. The van der Waals surface area contributed by atoms with E-state index in [4.69, 9.17) is 25.8 Å². The fourth-order valence-corrected chi connectivity index (χ4v) is 16.3. The fraction of sp³-hybridized carbons (Fsp3) is 0.145. The summed E-state index contributed by atoms with van der Waals surface area (Å²) < 4.78 is 31.5. The number of carbonyl (C=O) groups is 6. The minimum atomic E-state index is -0.482. The monoisotopic (exact) mass is 1600 g/mol. The largest absolute Gasteiger partial charge is 0.454 e. The lowest BCUT2D eigenvalue weighted by Crippen LogP contribution is -2.36. The van der Waals surface area contributed by atoms with Gasteiger partial charge < -0.3 is 51.0 Å². The molecule has 6 N–H and O–H groups in total. The molecule has 12 heterocycles. The van der Waals surface area contributed by atoms with Crippen LogP contribution in [0.3, 0.4) is 0 Å². The quantitative estimate of drug-likeness (QED) is 0.0555. The summed E-state index contributed by atoms with van der Waals surface area (Å²) in [5, 5.41) is 19.2. The molecule has 9 amide bonds. The molecule has 13 aromatic rings. The maximum absolute atomic E-state index is 14.0.